The first-order valence-corrected chi connectivity index (χ1v) is 8.40. The van der Waals surface area contributed by atoms with Crippen LogP contribution in [0.1, 0.15) is 48.4 Å². The molecule has 0 heterocycles. The Morgan fingerprint density at radius 2 is 1.64 bits per heavy atom. The molecular weight excluding hydrogens is 314 g/mol. The molecule has 2 aromatic rings. The summed E-state index contributed by atoms with van der Waals surface area (Å²) >= 11 is 0. The minimum atomic E-state index is -0.742. The van der Waals surface area contributed by atoms with Crippen molar-refractivity contribution in [2.24, 2.45) is 0 Å². The van der Waals surface area contributed by atoms with E-state index in [0.29, 0.717) is 5.56 Å². The van der Waals surface area contributed by atoms with Crippen LogP contribution in [0.25, 0.3) is 0 Å². The van der Waals surface area contributed by atoms with Crippen LogP contribution in [-0.2, 0) is 5.41 Å². The third-order valence-corrected chi connectivity index (χ3v) is 4.29. The molecule has 0 saturated carbocycles. The molecule has 2 aromatic carbocycles. The Hall–Kier alpha value is -2.33. The standard InChI is InChI=1S/C21H27NO3/c1-21(2,3)17-10-6-16(7-11-17)20(24)22(4)14-19(23)15-8-12-18(25-5)13-9-15/h6-13,19,23H,14H2,1-5H3. The van der Waals surface area contributed by atoms with Crippen molar-refractivity contribution in [2.45, 2.75) is 32.3 Å². The van der Waals surface area contributed by atoms with E-state index in [4.69, 9.17) is 4.74 Å². The van der Waals surface area contributed by atoms with E-state index in [0.717, 1.165) is 11.3 Å². The SMILES string of the molecule is COc1ccc(C(O)CN(C)C(=O)c2ccc(C(C)(C)C)cc2)cc1. The summed E-state index contributed by atoms with van der Waals surface area (Å²) < 4.78 is 5.11. The number of benzene rings is 2. The number of amides is 1. The molecule has 4 heteroatoms. The normalized spacial score (nSPS) is 12.6. The van der Waals surface area contributed by atoms with Gasteiger partial charge in [0.25, 0.3) is 5.91 Å². The zero-order valence-corrected chi connectivity index (χ0v) is 15.6. The fraction of sp³-hybridized carbons (Fsp3) is 0.381. The topological polar surface area (TPSA) is 49.8 Å². The highest BCUT2D eigenvalue weighted by atomic mass is 16.5. The van der Waals surface area contributed by atoms with Crippen LogP contribution < -0.4 is 4.74 Å². The fourth-order valence-corrected chi connectivity index (χ4v) is 2.61. The number of methoxy groups -OCH3 is 1. The van der Waals surface area contributed by atoms with Crippen molar-refractivity contribution < 1.29 is 14.6 Å². The van der Waals surface area contributed by atoms with Crippen LogP contribution in [0.3, 0.4) is 0 Å². The van der Waals surface area contributed by atoms with Crippen molar-refractivity contribution in [2.75, 3.05) is 20.7 Å². The first-order valence-electron chi connectivity index (χ1n) is 8.40. The lowest BCUT2D eigenvalue weighted by Gasteiger charge is -2.22. The van der Waals surface area contributed by atoms with Gasteiger partial charge < -0.3 is 14.7 Å². The van der Waals surface area contributed by atoms with Crippen molar-refractivity contribution in [3.8, 4) is 5.75 Å². The lowest BCUT2D eigenvalue weighted by molar-refractivity contribution is 0.0681. The molecule has 134 valence electrons. The Morgan fingerprint density at radius 1 is 1.08 bits per heavy atom. The second-order valence-electron chi connectivity index (χ2n) is 7.30. The van der Waals surface area contributed by atoms with E-state index in [9.17, 15) is 9.90 Å². The Bertz CT molecular complexity index is 699. The van der Waals surface area contributed by atoms with Crippen molar-refractivity contribution in [3.63, 3.8) is 0 Å². The largest absolute Gasteiger partial charge is 0.497 e. The van der Waals surface area contributed by atoms with Gasteiger partial charge in [0.05, 0.1) is 19.8 Å². The first kappa shape index (κ1) is 19.0. The molecule has 1 amide bonds. The highest BCUT2D eigenvalue weighted by Gasteiger charge is 2.18. The zero-order chi connectivity index (χ0) is 18.6. The molecule has 0 aromatic heterocycles. The van der Waals surface area contributed by atoms with Gasteiger partial charge in [-0.15, -0.1) is 0 Å². The van der Waals surface area contributed by atoms with E-state index in [1.165, 1.54) is 5.56 Å². The van der Waals surface area contributed by atoms with Gasteiger partial charge in [0.1, 0.15) is 5.75 Å². The minimum absolute atomic E-state index is 0.0536. The third-order valence-electron chi connectivity index (χ3n) is 4.29. The molecule has 2 rings (SSSR count). The number of ether oxygens (including phenoxy) is 1. The zero-order valence-electron chi connectivity index (χ0n) is 15.6. The van der Waals surface area contributed by atoms with Gasteiger partial charge in [0.15, 0.2) is 0 Å². The quantitative estimate of drug-likeness (QED) is 0.900. The van der Waals surface area contributed by atoms with Crippen LogP contribution in [0.5, 0.6) is 5.75 Å². The predicted molar refractivity (Wildman–Crippen MR) is 100 cm³/mol. The smallest absolute Gasteiger partial charge is 0.253 e. The highest BCUT2D eigenvalue weighted by Crippen LogP contribution is 2.23. The van der Waals surface area contributed by atoms with E-state index in [-0.39, 0.29) is 17.9 Å². The van der Waals surface area contributed by atoms with E-state index in [1.54, 1.807) is 43.3 Å². The molecule has 0 aliphatic heterocycles. The van der Waals surface area contributed by atoms with Crippen LogP contribution in [-0.4, -0.2) is 36.6 Å². The molecule has 0 radical (unpaired) electrons. The Morgan fingerprint density at radius 3 is 2.12 bits per heavy atom. The van der Waals surface area contributed by atoms with Gasteiger partial charge in [-0.25, -0.2) is 0 Å². The van der Waals surface area contributed by atoms with Gasteiger partial charge in [0.2, 0.25) is 0 Å². The summed E-state index contributed by atoms with van der Waals surface area (Å²) in [6.07, 6.45) is -0.742. The predicted octanol–water partition coefficient (Wildman–Crippen LogP) is 3.80. The van der Waals surface area contributed by atoms with Crippen LogP contribution in [0, 0.1) is 0 Å². The number of likely N-dealkylation sites (N-methyl/N-ethyl adjacent to an activating group) is 1. The van der Waals surface area contributed by atoms with Gasteiger partial charge in [-0.05, 0) is 40.8 Å². The van der Waals surface area contributed by atoms with Crippen molar-refractivity contribution in [3.05, 3.63) is 65.2 Å². The molecule has 0 spiro atoms. The van der Waals surface area contributed by atoms with Crippen LogP contribution >= 0.6 is 0 Å². The number of aliphatic hydroxyl groups excluding tert-OH is 1. The Labute approximate surface area is 150 Å². The summed E-state index contributed by atoms with van der Waals surface area (Å²) in [5.74, 6) is 0.632. The number of nitrogens with zero attached hydrogens (tertiary/aromatic N) is 1. The van der Waals surface area contributed by atoms with E-state index >= 15 is 0 Å². The summed E-state index contributed by atoms with van der Waals surface area (Å²) in [7, 11) is 3.30. The molecule has 1 atom stereocenters. The Balaban J connectivity index is 2.03. The van der Waals surface area contributed by atoms with Gasteiger partial charge in [-0.2, -0.15) is 0 Å². The summed E-state index contributed by atoms with van der Waals surface area (Å²) in [5.41, 5.74) is 2.61. The lowest BCUT2D eigenvalue weighted by atomic mass is 9.86. The van der Waals surface area contributed by atoms with Crippen molar-refractivity contribution >= 4 is 5.91 Å². The average Bonchev–Trinajstić information content (AvgIpc) is 2.60. The number of aliphatic hydroxyl groups is 1. The maximum Gasteiger partial charge on any atom is 0.253 e. The van der Waals surface area contributed by atoms with Crippen LogP contribution in [0.2, 0.25) is 0 Å². The van der Waals surface area contributed by atoms with Gasteiger partial charge in [-0.3, -0.25) is 4.79 Å². The monoisotopic (exact) mass is 341 g/mol. The minimum Gasteiger partial charge on any atom is -0.497 e. The van der Waals surface area contributed by atoms with E-state index < -0.39 is 6.10 Å². The first-order chi connectivity index (χ1) is 11.7. The molecule has 4 nitrogen and oxygen atoms in total. The fourth-order valence-electron chi connectivity index (χ4n) is 2.61. The highest BCUT2D eigenvalue weighted by molar-refractivity contribution is 5.94. The molecule has 0 bridgehead atoms. The average molecular weight is 341 g/mol. The maximum atomic E-state index is 12.6. The molecule has 0 fully saturated rings. The molecule has 25 heavy (non-hydrogen) atoms. The molecule has 1 unspecified atom stereocenters. The van der Waals surface area contributed by atoms with Gasteiger partial charge >= 0.3 is 0 Å². The van der Waals surface area contributed by atoms with E-state index in [2.05, 4.69) is 20.8 Å². The van der Waals surface area contributed by atoms with Crippen LogP contribution in [0.15, 0.2) is 48.5 Å². The summed E-state index contributed by atoms with van der Waals surface area (Å²) in [6.45, 7) is 6.65. The molecule has 0 aliphatic rings. The number of carbonyl (C=O) groups is 1. The third kappa shape index (κ3) is 4.83. The van der Waals surface area contributed by atoms with Crippen molar-refractivity contribution in [1.82, 2.24) is 4.90 Å². The summed E-state index contributed by atoms with van der Waals surface area (Å²) in [5, 5.41) is 10.4. The second kappa shape index (κ2) is 7.70. The number of carbonyl (C=O) groups excluding carboxylic acids is 1. The molecular formula is C21H27NO3. The summed E-state index contributed by atoms with van der Waals surface area (Å²) in [6, 6.07) is 14.9. The number of hydrogen-bond donors (Lipinski definition) is 1. The maximum absolute atomic E-state index is 12.6. The van der Waals surface area contributed by atoms with Gasteiger partial charge in [-0.1, -0.05) is 45.0 Å². The Kier molecular flexibility index (Phi) is 5.85. The molecule has 0 saturated heterocycles. The van der Waals surface area contributed by atoms with E-state index in [1.807, 2.05) is 24.3 Å². The van der Waals surface area contributed by atoms with Crippen LogP contribution in [0.4, 0.5) is 0 Å². The number of rotatable bonds is 5. The summed E-state index contributed by atoms with van der Waals surface area (Å²) in [4.78, 5) is 14.1. The molecule has 0 aliphatic carbocycles. The lowest BCUT2D eigenvalue weighted by Crippen LogP contribution is -2.31. The van der Waals surface area contributed by atoms with Gasteiger partial charge in [0, 0.05) is 12.6 Å². The number of hydrogen-bond acceptors (Lipinski definition) is 3. The molecule has 1 N–H and O–H groups in total. The van der Waals surface area contributed by atoms with Crippen molar-refractivity contribution in [1.29, 1.82) is 0 Å². The second-order valence-corrected chi connectivity index (χ2v) is 7.30.